The van der Waals surface area contributed by atoms with Gasteiger partial charge in [0.05, 0.1) is 6.04 Å². The van der Waals surface area contributed by atoms with Gasteiger partial charge in [-0.1, -0.05) is 26.0 Å². The van der Waals surface area contributed by atoms with Crippen molar-refractivity contribution in [3.63, 3.8) is 0 Å². The van der Waals surface area contributed by atoms with Gasteiger partial charge in [0.15, 0.2) is 0 Å². The summed E-state index contributed by atoms with van der Waals surface area (Å²) in [5.41, 5.74) is 6.82. The molecule has 0 spiro atoms. The Kier molecular flexibility index (Phi) is 4.76. The Balaban J connectivity index is 2.05. The number of nitrogens with two attached hydrogens (primary N) is 1. The van der Waals surface area contributed by atoms with E-state index in [0.717, 1.165) is 18.4 Å². The lowest BCUT2D eigenvalue weighted by Gasteiger charge is -2.26. The standard InChI is InChI=1S/C16H23FN2O/c1-11(2)8-15(18)16(20)19(14-6-7-14)10-12-4-3-5-13(17)9-12/h3-5,9,11,14-15H,6-8,10,18H2,1-2H3. The summed E-state index contributed by atoms with van der Waals surface area (Å²) >= 11 is 0. The van der Waals surface area contributed by atoms with Crippen molar-refractivity contribution in [2.24, 2.45) is 11.7 Å². The van der Waals surface area contributed by atoms with Crippen molar-refractivity contribution in [3.8, 4) is 0 Å². The van der Waals surface area contributed by atoms with Gasteiger partial charge in [0.2, 0.25) is 5.91 Å². The Hall–Kier alpha value is -1.42. The quantitative estimate of drug-likeness (QED) is 0.869. The molecule has 1 saturated carbocycles. The maximum atomic E-state index is 13.2. The Labute approximate surface area is 120 Å². The van der Waals surface area contributed by atoms with E-state index in [1.807, 2.05) is 11.0 Å². The van der Waals surface area contributed by atoms with Gasteiger partial charge in [0, 0.05) is 12.6 Å². The predicted molar refractivity (Wildman–Crippen MR) is 77.4 cm³/mol. The summed E-state index contributed by atoms with van der Waals surface area (Å²) in [4.78, 5) is 14.3. The highest BCUT2D eigenvalue weighted by atomic mass is 19.1. The third kappa shape index (κ3) is 4.04. The van der Waals surface area contributed by atoms with Crippen LogP contribution in [-0.4, -0.2) is 22.9 Å². The molecule has 1 aromatic carbocycles. The molecule has 1 aliphatic rings. The fourth-order valence-electron chi connectivity index (χ4n) is 2.43. The molecule has 4 heteroatoms. The number of halogens is 1. The summed E-state index contributed by atoms with van der Waals surface area (Å²) in [6.45, 7) is 4.56. The van der Waals surface area contributed by atoms with Crippen LogP contribution in [-0.2, 0) is 11.3 Å². The number of nitrogens with zero attached hydrogens (tertiary/aromatic N) is 1. The van der Waals surface area contributed by atoms with Crippen LogP contribution in [0.25, 0.3) is 0 Å². The summed E-state index contributed by atoms with van der Waals surface area (Å²) in [6.07, 6.45) is 2.73. The minimum absolute atomic E-state index is 0.00883. The van der Waals surface area contributed by atoms with Crippen LogP contribution in [0.15, 0.2) is 24.3 Å². The molecule has 20 heavy (non-hydrogen) atoms. The van der Waals surface area contributed by atoms with E-state index >= 15 is 0 Å². The molecule has 0 bridgehead atoms. The first-order chi connectivity index (χ1) is 9.47. The molecule has 1 atom stereocenters. The monoisotopic (exact) mass is 278 g/mol. The topological polar surface area (TPSA) is 46.3 Å². The van der Waals surface area contributed by atoms with E-state index in [1.165, 1.54) is 12.1 Å². The molecular weight excluding hydrogens is 255 g/mol. The highest BCUT2D eigenvalue weighted by molar-refractivity contribution is 5.82. The van der Waals surface area contributed by atoms with Crippen LogP contribution in [0.4, 0.5) is 4.39 Å². The van der Waals surface area contributed by atoms with Crippen molar-refractivity contribution in [2.45, 2.75) is 51.7 Å². The van der Waals surface area contributed by atoms with Crippen LogP contribution in [0.3, 0.4) is 0 Å². The van der Waals surface area contributed by atoms with Crippen molar-refractivity contribution < 1.29 is 9.18 Å². The molecule has 110 valence electrons. The molecule has 2 N–H and O–H groups in total. The summed E-state index contributed by atoms with van der Waals surface area (Å²) in [5, 5.41) is 0. The number of rotatable bonds is 6. The Morgan fingerprint density at radius 1 is 1.45 bits per heavy atom. The van der Waals surface area contributed by atoms with Gasteiger partial charge in [-0.15, -0.1) is 0 Å². The van der Waals surface area contributed by atoms with Crippen molar-refractivity contribution in [3.05, 3.63) is 35.6 Å². The lowest BCUT2D eigenvalue weighted by molar-refractivity contribution is -0.134. The van der Waals surface area contributed by atoms with Crippen LogP contribution >= 0.6 is 0 Å². The molecule has 1 aliphatic carbocycles. The maximum absolute atomic E-state index is 13.2. The fraction of sp³-hybridized carbons (Fsp3) is 0.562. The first-order valence-electron chi connectivity index (χ1n) is 7.28. The van der Waals surface area contributed by atoms with Gasteiger partial charge in [-0.2, -0.15) is 0 Å². The van der Waals surface area contributed by atoms with Crippen molar-refractivity contribution >= 4 is 5.91 Å². The van der Waals surface area contributed by atoms with Crippen LogP contribution in [0.5, 0.6) is 0 Å². The molecule has 1 fully saturated rings. The van der Waals surface area contributed by atoms with Gasteiger partial charge in [-0.25, -0.2) is 4.39 Å². The van der Waals surface area contributed by atoms with Gasteiger partial charge in [0.1, 0.15) is 5.82 Å². The average Bonchev–Trinajstić information content (AvgIpc) is 3.18. The van der Waals surface area contributed by atoms with Crippen LogP contribution in [0, 0.1) is 11.7 Å². The second-order valence-corrected chi connectivity index (χ2v) is 6.06. The van der Waals surface area contributed by atoms with Gasteiger partial charge < -0.3 is 10.6 Å². The second kappa shape index (κ2) is 6.35. The number of carbonyl (C=O) groups is 1. The summed E-state index contributed by atoms with van der Waals surface area (Å²) in [5.74, 6) is 0.117. The minimum atomic E-state index is -0.454. The number of amides is 1. The van der Waals surface area contributed by atoms with E-state index in [0.29, 0.717) is 18.9 Å². The zero-order valence-electron chi connectivity index (χ0n) is 12.2. The minimum Gasteiger partial charge on any atom is -0.334 e. The lowest BCUT2D eigenvalue weighted by Crippen LogP contribution is -2.45. The maximum Gasteiger partial charge on any atom is 0.240 e. The number of hydrogen-bond donors (Lipinski definition) is 1. The predicted octanol–water partition coefficient (Wildman–Crippen LogP) is 2.69. The molecule has 0 saturated heterocycles. The molecule has 3 nitrogen and oxygen atoms in total. The van der Waals surface area contributed by atoms with E-state index < -0.39 is 6.04 Å². The highest BCUT2D eigenvalue weighted by Gasteiger charge is 2.34. The summed E-state index contributed by atoms with van der Waals surface area (Å²) in [7, 11) is 0. The SMILES string of the molecule is CC(C)CC(N)C(=O)N(Cc1cccc(F)c1)C1CC1. The molecule has 1 amide bonds. The van der Waals surface area contributed by atoms with Crippen molar-refractivity contribution in [2.75, 3.05) is 0 Å². The molecule has 0 aliphatic heterocycles. The smallest absolute Gasteiger partial charge is 0.240 e. The normalized spacial score (nSPS) is 16.2. The average molecular weight is 278 g/mol. The third-order valence-corrected chi connectivity index (χ3v) is 3.56. The first kappa shape index (κ1) is 15.0. The van der Waals surface area contributed by atoms with Crippen LogP contribution in [0.2, 0.25) is 0 Å². The van der Waals surface area contributed by atoms with E-state index in [4.69, 9.17) is 5.73 Å². The Morgan fingerprint density at radius 2 is 2.15 bits per heavy atom. The zero-order chi connectivity index (χ0) is 14.7. The highest BCUT2D eigenvalue weighted by Crippen LogP contribution is 2.29. The Morgan fingerprint density at radius 3 is 2.70 bits per heavy atom. The first-order valence-corrected chi connectivity index (χ1v) is 7.28. The number of benzene rings is 1. The largest absolute Gasteiger partial charge is 0.334 e. The number of carbonyl (C=O) groups excluding carboxylic acids is 1. The molecular formula is C16H23FN2O. The molecule has 0 aromatic heterocycles. The van der Waals surface area contributed by atoms with Crippen molar-refractivity contribution in [1.82, 2.24) is 4.90 Å². The molecule has 0 radical (unpaired) electrons. The summed E-state index contributed by atoms with van der Waals surface area (Å²) in [6, 6.07) is 6.25. The Bertz CT molecular complexity index is 471. The van der Waals surface area contributed by atoms with Gasteiger partial charge in [-0.3, -0.25) is 4.79 Å². The molecule has 1 aromatic rings. The molecule has 2 rings (SSSR count). The fourth-order valence-corrected chi connectivity index (χ4v) is 2.43. The second-order valence-electron chi connectivity index (χ2n) is 6.06. The van der Waals surface area contributed by atoms with Gasteiger partial charge >= 0.3 is 0 Å². The molecule has 1 unspecified atom stereocenters. The van der Waals surface area contributed by atoms with Gasteiger partial charge in [0.25, 0.3) is 0 Å². The lowest BCUT2D eigenvalue weighted by atomic mass is 10.0. The van der Waals surface area contributed by atoms with Crippen molar-refractivity contribution in [1.29, 1.82) is 0 Å². The molecule has 0 heterocycles. The van der Waals surface area contributed by atoms with Gasteiger partial charge in [-0.05, 0) is 42.9 Å². The summed E-state index contributed by atoms with van der Waals surface area (Å²) < 4.78 is 13.2. The zero-order valence-corrected chi connectivity index (χ0v) is 12.2. The van der Waals surface area contributed by atoms with Crippen LogP contribution < -0.4 is 5.73 Å². The number of hydrogen-bond acceptors (Lipinski definition) is 2. The van der Waals surface area contributed by atoms with E-state index in [9.17, 15) is 9.18 Å². The van der Waals surface area contributed by atoms with E-state index in [2.05, 4.69) is 13.8 Å². The third-order valence-electron chi connectivity index (χ3n) is 3.56. The van der Waals surface area contributed by atoms with E-state index in [-0.39, 0.29) is 17.8 Å². The van der Waals surface area contributed by atoms with Crippen LogP contribution in [0.1, 0.15) is 38.7 Å². The van der Waals surface area contributed by atoms with E-state index in [1.54, 1.807) is 6.07 Å².